The van der Waals surface area contributed by atoms with E-state index < -0.39 is 0 Å². The summed E-state index contributed by atoms with van der Waals surface area (Å²) in [5, 5.41) is 6.08. The molecule has 0 spiro atoms. The number of carbonyl (C=O) groups is 1. The van der Waals surface area contributed by atoms with Crippen molar-refractivity contribution in [3.05, 3.63) is 0 Å². The molecule has 0 aromatic carbocycles. The van der Waals surface area contributed by atoms with E-state index in [9.17, 15) is 4.79 Å². The van der Waals surface area contributed by atoms with Crippen LogP contribution in [0.5, 0.6) is 0 Å². The van der Waals surface area contributed by atoms with Gasteiger partial charge in [0.15, 0.2) is 0 Å². The number of hydrogen-bond donors (Lipinski definition) is 2. The highest BCUT2D eigenvalue weighted by Gasteiger charge is 2.17. The van der Waals surface area contributed by atoms with E-state index in [1.54, 1.807) is 0 Å². The maximum atomic E-state index is 11.5. The van der Waals surface area contributed by atoms with Crippen molar-refractivity contribution >= 4 is 5.91 Å². The molecule has 1 atom stereocenters. The van der Waals surface area contributed by atoms with E-state index in [4.69, 9.17) is 0 Å². The molecule has 18 heavy (non-hydrogen) atoms. The van der Waals surface area contributed by atoms with Gasteiger partial charge in [0, 0.05) is 25.2 Å². The van der Waals surface area contributed by atoms with Crippen LogP contribution in [0, 0.1) is 0 Å². The van der Waals surface area contributed by atoms with Gasteiger partial charge in [-0.25, -0.2) is 0 Å². The third-order valence-corrected chi connectivity index (χ3v) is 3.56. The normalized spacial score (nSPS) is 21.2. The number of likely N-dealkylation sites (tertiary alicyclic amines) is 1. The molecule has 0 aromatic rings. The molecule has 0 aliphatic carbocycles. The predicted molar refractivity (Wildman–Crippen MR) is 75.7 cm³/mol. The fourth-order valence-corrected chi connectivity index (χ4v) is 2.36. The summed E-state index contributed by atoms with van der Waals surface area (Å²) in [7, 11) is 0. The van der Waals surface area contributed by atoms with Gasteiger partial charge in [-0.2, -0.15) is 0 Å². The minimum Gasteiger partial charge on any atom is -0.355 e. The van der Waals surface area contributed by atoms with Crippen molar-refractivity contribution in [3.8, 4) is 0 Å². The Kier molecular flexibility index (Phi) is 7.28. The zero-order chi connectivity index (χ0) is 13.4. The zero-order valence-corrected chi connectivity index (χ0v) is 12.2. The summed E-state index contributed by atoms with van der Waals surface area (Å²) in [4.78, 5) is 14.0. The quantitative estimate of drug-likeness (QED) is 0.675. The summed E-state index contributed by atoms with van der Waals surface area (Å²) in [6.45, 7) is 9.96. The number of piperidine rings is 1. The Bertz CT molecular complexity index is 243. The topological polar surface area (TPSA) is 44.4 Å². The Labute approximate surface area is 111 Å². The van der Waals surface area contributed by atoms with Crippen LogP contribution in [-0.4, -0.2) is 49.1 Å². The molecule has 0 radical (unpaired) electrons. The molecule has 1 amide bonds. The maximum absolute atomic E-state index is 11.5. The summed E-state index contributed by atoms with van der Waals surface area (Å²) in [5.41, 5.74) is 0. The van der Waals surface area contributed by atoms with Gasteiger partial charge in [0.25, 0.3) is 0 Å². The first kappa shape index (κ1) is 15.4. The smallest absolute Gasteiger partial charge is 0.233 e. The number of hydrogen-bond acceptors (Lipinski definition) is 3. The molecule has 1 rings (SSSR count). The van der Waals surface area contributed by atoms with E-state index in [2.05, 4.69) is 22.5 Å². The molecule has 0 saturated carbocycles. The Morgan fingerprint density at radius 2 is 2.17 bits per heavy atom. The third-order valence-electron chi connectivity index (χ3n) is 3.56. The number of nitrogens with one attached hydrogen (secondary N) is 2. The van der Waals surface area contributed by atoms with E-state index in [1.807, 2.05) is 13.8 Å². The second-order valence-electron chi connectivity index (χ2n) is 5.62. The Morgan fingerprint density at radius 3 is 2.83 bits per heavy atom. The Balaban J connectivity index is 2.02. The van der Waals surface area contributed by atoms with Crippen molar-refractivity contribution in [2.24, 2.45) is 0 Å². The van der Waals surface area contributed by atoms with E-state index in [1.165, 1.54) is 25.8 Å². The van der Waals surface area contributed by atoms with Crippen LogP contribution in [0.25, 0.3) is 0 Å². The van der Waals surface area contributed by atoms with Crippen LogP contribution in [0.4, 0.5) is 0 Å². The molecule has 1 aliphatic heterocycles. The van der Waals surface area contributed by atoms with Crippen LogP contribution in [-0.2, 0) is 4.79 Å². The van der Waals surface area contributed by atoms with Crippen molar-refractivity contribution in [3.63, 3.8) is 0 Å². The first-order valence-corrected chi connectivity index (χ1v) is 7.33. The van der Waals surface area contributed by atoms with Gasteiger partial charge in [-0.1, -0.05) is 20.3 Å². The van der Waals surface area contributed by atoms with Gasteiger partial charge in [-0.15, -0.1) is 0 Å². The second kappa shape index (κ2) is 8.48. The predicted octanol–water partition coefficient (Wildman–Crippen LogP) is 1.37. The summed E-state index contributed by atoms with van der Waals surface area (Å²) in [5.74, 6) is 0.107. The van der Waals surface area contributed by atoms with Gasteiger partial charge < -0.3 is 15.5 Å². The van der Waals surface area contributed by atoms with Gasteiger partial charge in [-0.05, 0) is 32.7 Å². The van der Waals surface area contributed by atoms with Crippen LogP contribution >= 0.6 is 0 Å². The molecule has 0 bridgehead atoms. The number of carbonyl (C=O) groups excluding carboxylic acids is 1. The van der Waals surface area contributed by atoms with E-state index >= 15 is 0 Å². The van der Waals surface area contributed by atoms with Crippen LogP contribution in [0.15, 0.2) is 0 Å². The SMILES string of the molecule is CC(C)NCC(=O)NCCCN1CCCCC1C. The lowest BCUT2D eigenvalue weighted by Gasteiger charge is -2.33. The molecular formula is C14H29N3O. The van der Waals surface area contributed by atoms with E-state index in [0.717, 1.165) is 25.6 Å². The number of rotatable bonds is 7. The molecule has 2 N–H and O–H groups in total. The van der Waals surface area contributed by atoms with E-state index in [0.29, 0.717) is 12.6 Å². The lowest BCUT2D eigenvalue weighted by atomic mass is 10.0. The average Bonchev–Trinajstić information content (AvgIpc) is 2.34. The highest BCUT2D eigenvalue weighted by Crippen LogP contribution is 2.15. The number of nitrogens with zero attached hydrogens (tertiary/aromatic N) is 1. The van der Waals surface area contributed by atoms with Crippen molar-refractivity contribution in [2.45, 2.75) is 58.5 Å². The number of amides is 1. The second-order valence-corrected chi connectivity index (χ2v) is 5.62. The van der Waals surface area contributed by atoms with Crippen LogP contribution in [0.3, 0.4) is 0 Å². The minimum atomic E-state index is 0.107. The summed E-state index contributed by atoms with van der Waals surface area (Å²) in [6.07, 6.45) is 5.08. The molecule has 1 unspecified atom stereocenters. The highest BCUT2D eigenvalue weighted by molar-refractivity contribution is 5.77. The highest BCUT2D eigenvalue weighted by atomic mass is 16.1. The Morgan fingerprint density at radius 1 is 1.39 bits per heavy atom. The fourth-order valence-electron chi connectivity index (χ4n) is 2.36. The largest absolute Gasteiger partial charge is 0.355 e. The van der Waals surface area contributed by atoms with E-state index in [-0.39, 0.29) is 5.91 Å². The standard InChI is InChI=1S/C14H29N3O/c1-12(2)16-11-14(18)15-8-6-10-17-9-5-4-7-13(17)3/h12-13,16H,4-11H2,1-3H3,(H,15,18). The average molecular weight is 255 g/mol. The van der Waals surface area contributed by atoms with Crippen LogP contribution in [0.1, 0.15) is 46.5 Å². The molecule has 1 fully saturated rings. The van der Waals surface area contributed by atoms with Crippen molar-refractivity contribution < 1.29 is 4.79 Å². The van der Waals surface area contributed by atoms with Crippen LogP contribution in [0.2, 0.25) is 0 Å². The molecule has 1 heterocycles. The van der Waals surface area contributed by atoms with Gasteiger partial charge >= 0.3 is 0 Å². The molecule has 1 saturated heterocycles. The minimum absolute atomic E-state index is 0.107. The molecular weight excluding hydrogens is 226 g/mol. The van der Waals surface area contributed by atoms with Crippen LogP contribution < -0.4 is 10.6 Å². The van der Waals surface area contributed by atoms with Crippen molar-refractivity contribution in [2.75, 3.05) is 26.2 Å². The molecule has 4 heteroatoms. The van der Waals surface area contributed by atoms with Crippen molar-refractivity contribution in [1.82, 2.24) is 15.5 Å². The van der Waals surface area contributed by atoms with Gasteiger partial charge in [0.05, 0.1) is 6.54 Å². The molecule has 1 aliphatic rings. The summed E-state index contributed by atoms with van der Waals surface area (Å²) in [6, 6.07) is 1.09. The van der Waals surface area contributed by atoms with Crippen molar-refractivity contribution in [1.29, 1.82) is 0 Å². The van der Waals surface area contributed by atoms with Gasteiger partial charge in [0.1, 0.15) is 0 Å². The Hall–Kier alpha value is -0.610. The fraction of sp³-hybridized carbons (Fsp3) is 0.929. The lowest BCUT2D eigenvalue weighted by molar-refractivity contribution is -0.120. The zero-order valence-electron chi connectivity index (χ0n) is 12.2. The maximum Gasteiger partial charge on any atom is 0.233 e. The van der Waals surface area contributed by atoms with Gasteiger partial charge in [0.2, 0.25) is 5.91 Å². The molecule has 106 valence electrons. The first-order valence-electron chi connectivity index (χ1n) is 7.33. The first-order chi connectivity index (χ1) is 8.59. The lowest BCUT2D eigenvalue weighted by Crippen LogP contribution is -2.40. The summed E-state index contributed by atoms with van der Waals surface area (Å²) < 4.78 is 0. The third kappa shape index (κ3) is 6.36. The molecule has 0 aromatic heterocycles. The molecule has 4 nitrogen and oxygen atoms in total. The van der Waals surface area contributed by atoms with Gasteiger partial charge in [-0.3, -0.25) is 4.79 Å². The monoisotopic (exact) mass is 255 g/mol. The summed E-state index contributed by atoms with van der Waals surface area (Å²) >= 11 is 0.